The van der Waals surface area contributed by atoms with E-state index in [0.717, 1.165) is 5.56 Å². The number of rotatable bonds is 10. The van der Waals surface area contributed by atoms with Gasteiger partial charge in [-0.3, -0.25) is 4.57 Å². The predicted octanol–water partition coefficient (Wildman–Crippen LogP) is 1.80. The molecule has 0 amide bonds. The third kappa shape index (κ3) is 4.92. The normalized spacial score (nSPS) is 14.8. The average molecular weight is 407 g/mol. The summed E-state index contributed by atoms with van der Waals surface area (Å²) in [4.78, 5) is 12.2. The molecule has 2 aromatic heterocycles. The van der Waals surface area contributed by atoms with Crippen LogP contribution >= 0.6 is 7.60 Å². The number of fused-ring (bicyclic) bond motifs is 1. The Morgan fingerprint density at radius 3 is 2.75 bits per heavy atom. The van der Waals surface area contributed by atoms with Gasteiger partial charge in [-0.05, 0) is 5.56 Å². The number of anilines is 1. The van der Waals surface area contributed by atoms with E-state index in [2.05, 4.69) is 15.0 Å². The minimum absolute atomic E-state index is 0.126. The highest BCUT2D eigenvalue weighted by molar-refractivity contribution is 7.53. The maximum absolute atomic E-state index is 12.7. The van der Waals surface area contributed by atoms with Crippen LogP contribution in [0.3, 0.4) is 0 Å². The summed E-state index contributed by atoms with van der Waals surface area (Å²) < 4.78 is 30.5. The molecule has 0 aliphatic heterocycles. The quantitative estimate of drug-likeness (QED) is 0.482. The summed E-state index contributed by atoms with van der Waals surface area (Å²) in [5.74, 6) is 0.267. The Morgan fingerprint density at radius 1 is 1.25 bits per heavy atom. The maximum Gasteiger partial charge on any atom is 0.356 e. The number of aromatic nitrogens is 4. The minimum atomic E-state index is -3.48. The largest absolute Gasteiger partial charge is 0.394 e. The maximum atomic E-state index is 12.7. The van der Waals surface area contributed by atoms with Gasteiger partial charge in [0.05, 0.1) is 32.2 Å². The molecule has 0 radical (unpaired) electrons. The first-order valence-corrected chi connectivity index (χ1v) is 10.2. The van der Waals surface area contributed by atoms with Gasteiger partial charge in [0.15, 0.2) is 11.5 Å². The molecular formula is C17H22N5O5P. The van der Waals surface area contributed by atoms with Crippen molar-refractivity contribution in [3.05, 3.63) is 48.5 Å². The van der Waals surface area contributed by atoms with Crippen molar-refractivity contribution >= 4 is 24.6 Å². The second-order valence-corrected chi connectivity index (χ2v) is 8.08. The lowest BCUT2D eigenvalue weighted by atomic mass is 10.2. The summed E-state index contributed by atoms with van der Waals surface area (Å²) >= 11 is 0. The molecule has 2 unspecified atom stereocenters. The molecule has 3 aromatic rings. The van der Waals surface area contributed by atoms with Gasteiger partial charge in [0.2, 0.25) is 0 Å². The molecule has 150 valence electrons. The van der Waals surface area contributed by atoms with E-state index in [1.807, 2.05) is 30.3 Å². The summed E-state index contributed by atoms with van der Waals surface area (Å²) in [5, 5.41) is 9.64. The standard InChI is InChI=1S/C17H22N5O5P/c1-25-28(24,27-9-13-5-3-2-4-6-13)12-26-14(8-23)7-22-11-21-15-16(18)19-10-20-17(15)22/h2-6,10-11,14,23H,7-9,12H2,1H3,(H2,18,19,20). The number of hydrogen-bond donors (Lipinski definition) is 2. The Morgan fingerprint density at radius 2 is 2.04 bits per heavy atom. The number of aliphatic hydroxyl groups excluding tert-OH is 1. The second kappa shape index (κ2) is 9.22. The first kappa shape index (κ1) is 20.4. The van der Waals surface area contributed by atoms with Crippen LogP contribution in [0.5, 0.6) is 0 Å². The molecular weight excluding hydrogens is 385 g/mol. The number of nitrogen functional groups attached to an aromatic ring is 1. The Kier molecular flexibility index (Phi) is 6.71. The summed E-state index contributed by atoms with van der Waals surface area (Å²) in [6.07, 6.45) is 1.90. The highest BCUT2D eigenvalue weighted by Gasteiger charge is 2.26. The Hall–Kier alpha value is -2.36. The third-order valence-corrected chi connectivity index (χ3v) is 5.59. The van der Waals surface area contributed by atoms with Crippen molar-refractivity contribution in [2.45, 2.75) is 19.3 Å². The van der Waals surface area contributed by atoms with Crippen LogP contribution in [0.1, 0.15) is 5.56 Å². The van der Waals surface area contributed by atoms with Crippen LogP contribution in [-0.4, -0.2) is 50.8 Å². The summed E-state index contributed by atoms with van der Waals surface area (Å²) in [7, 11) is -2.18. The van der Waals surface area contributed by atoms with Gasteiger partial charge in [-0.2, -0.15) is 0 Å². The molecule has 0 saturated heterocycles. The van der Waals surface area contributed by atoms with Gasteiger partial charge in [-0.1, -0.05) is 30.3 Å². The predicted molar refractivity (Wildman–Crippen MR) is 102 cm³/mol. The lowest BCUT2D eigenvalue weighted by molar-refractivity contribution is 0.0164. The molecule has 2 atom stereocenters. The zero-order valence-electron chi connectivity index (χ0n) is 15.3. The van der Waals surface area contributed by atoms with Crippen molar-refractivity contribution in [3.63, 3.8) is 0 Å². The van der Waals surface area contributed by atoms with Gasteiger partial charge < -0.3 is 29.2 Å². The van der Waals surface area contributed by atoms with Crippen molar-refractivity contribution in [2.75, 3.05) is 25.8 Å². The number of ether oxygens (including phenoxy) is 1. The topological polar surface area (TPSA) is 135 Å². The zero-order valence-corrected chi connectivity index (χ0v) is 16.2. The Bertz CT molecular complexity index is 952. The molecule has 0 fully saturated rings. The first-order valence-electron chi connectivity index (χ1n) is 8.51. The summed E-state index contributed by atoms with van der Waals surface area (Å²) in [6, 6.07) is 9.32. The van der Waals surface area contributed by atoms with Crippen LogP contribution in [0.15, 0.2) is 43.0 Å². The van der Waals surface area contributed by atoms with Crippen molar-refractivity contribution in [2.24, 2.45) is 0 Å². The summed E-state index contributed by atoms with van der Waals surface area (Å²) in [6.45, 7) is 0.0515. The Balaban J connectivity index is 1.61. The van der Waals surface area contributed by atoms with E-state index in [0.29, 0.717) is 11.2 Å². The molecule has 3 N–H and O–H groups in total. The van der Waals surface area contributed by atoms with E-state index in [1.54, 1.807) is 4.57 Å². The number of nitrogens with zero attached hydrogens (tertiary/aromatic N) is 4. The fourth-order valence-electron chi connectivity index (χ4n) is 2.50. The minimum Gasteiger partial charge on any atom is -0.394 e. The fraction of sp³-hybridized carbons (Fsp3) is 0.353. The third-order valence-electron chi connectivity index (χ3n) is 4.05. The molecule has 10 nitrogen and oxygen atoms in total. The van der Waals surface area contributed by atoms with Crippen LogP contribution in [0.4, 0.5) is 5.82 Å². The van der Waals surface area contributed by atoms with Crippen molar-refractivity contribution in [3.8, 4) is 0 Å². The number of imidazole rings is 1. The first-order chi connectivity index (χ1) is 13.5. The van der Waals surface area contributed by atoms with E-state index in [9.17, 15) is 9.67 Å². The average Bonchev–Trinajstić information content (AvgIpc) is 3.14. The molecule has 0 aliphatic rings. The van der Waals surface area contributed by atoms with E-state index in [-0.39, 0.29) is 31.9 Å². The lowest BCUT2D eigenvalue weighted by Crippen LogP contribution is -2.25. The van der Waals surface area contributed by atoms with E-state index < -0.39 is 13.7 Å². The SMILES string of the molecule is COP(=O)(COC(CO)Cn1cnc2c(N)ncnc21)OCc1ccccc1. The molecule has 0 aliphatic carbocycles. The van der Waals surface area contributed by atoms with E-state index in [4.69, 9.17) is 19.5 Å². The molecule has 28 heavy (non-hydrogen) atoms. The molecule has 3 rings (SSSR count). The number of benzene rings is 1. The molecule has 0 saturated carbocycles. The van der Waals surface area contributed by atoms with Gasteiger partial charge in [-0.15, -0.1) is 0 Å². The molecule has 2 heterocycles. The smallest absolute Gasteiger partial charge is 0.356 e. The Labute approximate surface area is 161 Å². The van der Waals surface area contributed by atoms with Gasteiger partial charge in [0.25, 0.3) is 0 Å². The number of nitrogens with two attached hydrogens (primary N) is 1. The molecule has 1 aromatic carbocycles. The van der Waals surface area contributed by atoms with Crippen LogP contribution in [0, 0.1) is 0 Å². The highest BCUT2D eigenvalue weighted by Crippen LogP contribution is 2.48. The van der Waals surface area contributed by atoms with E-state index in [1.165, 1.54) is 19.8 Å². The van der Waals surface area contributed by atoms with Crippen LogP contribution in [-0.2, 0) is 31.5 Å². The number of hydrogen-bond acceptors (Lipinski definition) is 9. The molecule has 11 heteroatoms. The van der Waals surface area contributed by atoms with Gasteiger partial charge in [-0.25, -0.2) is 15.0 Å². The van der Waals surface area contributed by atoms with Crippen molar-refractivity contribution < 1.29 is 23.5 Å². The van der Waals surface area contributed by atoms with Gasteiger partial charge in [0, 0.05) is 7.11 Å². The van der Waals surface area contributed by atoms with Crippen LogP contribution in [0.2, 0.25) is 0 Å². The molecule has 0 spiro atoms. The molecule has 0 bridgehead atoms. The van der Waals surface area contributed by atoms with Gasteiger partial charge >= 0.3 is 7.60 Å². The zero-order chi connectivity index (χ0) is 20.0. The highest BCUT2D eigenvalue weighted by atomic mass is 31.2. The van der Waals surface area contributed by atoms with Crippen molar-refractivity contribution in [1.29, 1.82) is 0 Å². The number of aliphatic hydroxyl groups is 1. The van der Waals surface area contributed by atoms with Gasteiger partial charge in [0.1, 0.15) is 18.2 Å². The van der Waals surface area contributed by atoms with Crippen molar-refractivity contribution in [1.82, 2.24) is 19.5 Å². The van der Waals surface area contributed by atoms with Crippen LogP contribution < -0.4 is 5.73 Å². The second-order valence-electron chi connectivity index (χ2n) is 5.98. The van der Waals surface area contributed by atoms with Crippen LogP contribution in [0.25, 0.3) is 11.2 Å². The monoisotopic (exact) mass is 407 g/mol. The fourth-order valence-corrected chi connectivity index (χ4v) is 3.53. The van der Waals surface area contributed by atoms with E-state index >= 15 is 0 Å². The lowest BCUT2D eigenvalue weighted by Gasteiger charge is -2.21. The summed E-state index contributed by atoms with van der Waals surface area (Å²) in [5.41, 5.74) is 7.62.